The summed E-state index contributed by atoms with van der Waals surface area (Å²) in [6, 6.07) is 21.4. The van der Waals surface area contributed by atoms with Gasteiger partial charge in [-0.15, -0.1) is 0 Å². The molecule has 0 aliphatic carbocycles. The monoisotopic (exact) mass is 542 g/mol. The molecule has 40 heavy (non-hydrogen) atoms. The van der Waals surface area contributed by atoms with Gasteiger partial charge in [0.25, 0.3) is 11.7 Å². The van der Waals surface area contributed by atoms with Crippen molar-refractivity contribution in [2.75, 3.05) is 33.8 Å². The van der Waals surface area contributed by atoms with Crippen molar-refractivity contribution in [2.24, 2.45) is 5.92 Å². The Hall–Kier alpha value is -4.10. The second-order valence-corrected chi connectivity index (χ2v) is 10.8. The molecule has 0 bridgehead atoms. The molecule has 3 aromatic carbocycles. The molecular weight excluding hydrogens is 504 g/mol. The number of hydrogen-bond donors (Lipinski definition) is 1. The summed E-state index contributed by atoms with van der Waals surface area (Å²) < 4.78 is 11.9. The highest BCUT2D eigenvalue weighted by Gasteiger charge is 2.46. The molecule has 1 amide bonds. The SMILES string of the molecule is Cc1cc(OCC(C)C)ccc1/C(O)=C1\C(=O)C(=O)N(CCCN(C)C)C1c1cccc(Oc2ccccc2)c1. The van der Waals surface area contributed by atoms with Crippen LogP contribution in [0.4, 0.5) is 0 Å². The first-order valence-electron chi connectivity index (χ1n) is 13.7. The molecule has 210 valence electrons. The maximum absolute atomic E-state index is 13.5. The summed E-state index contributed by atoms with van der Waals surface area (Å²) in [5, 5.41) is 11.6. The highest BCUT2D eigenvalue weighted by Crippen LogP contribution is 2.41. The third-order valence-electron chi connectivity index (χ3n) is 6.73. The van der Waals surface area contributed by atoms with Gasteiger partial charge in [0.05, 0.1) is 18.2 Å². The fraction of sp³-hybridized carbons (Fsp3) is 0.333. The van der Waals surface area contributed by atoms with E-state index in [1.54, 1.807) is 17.0 Å². The minimum atomic E-state index is -0.752. The zero-order valence-electron chi connectivity index (χ0n) is 23.9. The molecule has 1 heterocycles. The summed E-state index contributed by atoms with van der Waals surface area (Å²) in [6.07, 6.45) is 0.678. The largest absolute Gasteiger partial charge is 0.507 e. The minimum Gasteiger partial charge on any atom is -0.507 e. The highest BCUT2D eigenvalue weighted by molar-refractivity contribution is 6.46. The maximum atomic E-state index is 13.5. The van der Waals surface area contributed by atoms with Crippen LogP contribution in [0.3, 0.4) is 0 Å². The lowest BCUT2D eigenvalue weighted by Gasteiger charge is -2.26. The number of likely N-dealkylation sites (tertiary alicyclic amines) is 1. The van der Waals surface area contributed by atoms with Crippen molar-refractivity contribution < 1.29 is 24.2 Å². The van der Waals surface area contributed by atoms with Gasteiger partial charge in [0.2, 0.25) is 0 Å². The number of aliphatic hydroxyl groups is 1. The first kappa shape index (κ1) is 28.9. The van der Waals surface area contributed by atoms with Gasteiger partial charge in [-0.3, -0.25) is 9.59 Å². The van der Waals surface area contributed by atoms with Gasteiger partial charge in [0.1, 0.15) is 23.0 Å². The van der Waals surface area contributed by atoms with E-state index in [2.05, 4.69) is 13.8 Å². The number of ketones is 1. The summed E-state index contributed by atoms with van der Waals surface area (Å²) in [6.45, 7) is 7.70. The number of carbonyl (C=O) groups is 2. The fourth-order valence-corrected chi connectivity index (χ4v) is 4.79. The standard InChI is InChI=1S/C33H38N2O5/c1-22(2)21-39-26-15-16-28(23(3)19-26)31(36)29-30(35(33(38)32(29)37)18-10-17-34(4)5)24-11-9-14-27(20-24)40-25-12-7-6-8-13-25/h6-9,11-16,19-20,22,30,36H,10,17-18,21H2,1-5H3/b31-29+. The molecule has 7 nitrogen and oxygen atoms in total. The number of rotatable bonds is 11. The lowest BCUT2D eigenvalue weighted by atomic mass is 9.93. The van der Waals surface area contributed by atoms with E-state index < -0.39 is 17.7 Å². The Bertz CT molecular complexity index is 1380. The van der Waals surface area contributed by atoms with Gasteiger partial charge < -0.3 is 24.4 Å². The molecule has 4 rings (SSSR count). The number of aryl methyl sites for hydroxylation is 1. The van der Waals surface area contributed by atoms with Crippen molar-refractivity contribution in [1.82, 2.24) is 9.80 Å². The number of Topliss-reactive ketones (excluding diaryl/α,β-unsaturated/α-hetero) is 1. The Morgan fingerprint density at radius 2 is 1.68 bits per heavy atom. The van der Waals surface area contributed by atoms with Crippen molar-refractivity contribution in [2.45, 2.75) is 33.2 Å². The van der Waals surface area contributed by atoms with Crippen LogP contribution in [0.2, 0.25) is 0 Å². The van der Waals surface area contributed by atoms with Crippen LogP contribution in [-0.4, -0.2) is 60.4 Å². The van der Waals surface area contributed by atoms with Gasteiger partial charge in [-0.2, -0.15) is 0 Å². The van der Waals surface area contributed by atoms with Gasteiger partial charge in [-0.1, -0.05) is 44.2 Å². The van der Waals surface area contributed by atoms with E-state index in [0.29, 0.717) is 53.9 Å². The van der Waals surface area contributed by atoms with Gasteiger partial charge >= 0.3 is 0 Å². The number of aliphatic hydroxyl groups excluding tert-OH is 1. The highest BCUT2D eigenvalue weighted by atomic mass is 16.5. The smallest absolute Gasteiger partial charge is 0.295 e. The van der Waals surface area contributed by atoms with Crippen LogP contribution >= 0.6 is 0 Å². The van der Waals surface area contributed by atoms with Crippen LogP contribution in [0.1, 0.15) is 43.0 Å². The van der Waals surface area contributed by atoms with Crippen molar-refractivity contribution in [3.05, 3.63) is 95.1 Å². The number of ether oxygens (including phenoxy) is 2. The molecule has 1 unspecified atom stereocenters. The number of amides is 1. The molecule has 0 aromatic heterocycles. The van der Waals surface area contributed by atoms with Crippen molar-refractivity contribution in [3.8, 4) is 17.2 Å². The number of para-hydroxylation sites is 1. The molecule has 0 saturated carbocycles. The van der Waals surface area contributed by atoms with Crippen LogP contribution in [-0.2, 0) is 9.59 Å². The predicted molar refractivity (Wildman–Crippen MR) is 157 cm³/mol. The fourth-order valence-electron chi connectivity index (χ4n) is 4.79. The molecule has 0 spiro atoms. The van der Waals surface area contributed by atoms with Gasteiger partial charge in [-0.25, -0.2) is 0 Å². The maximum Gasteiger partial charge on any atom is 0.295 e. The Balaban J connectivity index is 1.76. The topological polar surface area (TPSA) is 79.3 Å². The predicted octanol–water partition coefficient (Wildman–Crippen LogP) is 6.20. The van der Waals surface area contributed by atoms with Gasteiger partial charge in [-0.05, 0) is 93.5 Å². The Labute approximate surface area is 236 Å². The van der Waals surface area contributed by atoms with Crippen LogP contribution in [0, 0.1) is 12.8 Å². The first-order chi connectivity index (χ1) is 19.2. The molecule has 1 N–H and O–H groups in total. The lowest BCUT2D eigenvalue weighted by molar-refractivity contribution is -0.139. The molecule has 7 heteroatoms. The molecule has 0 radical (unpaired) electrons. The molecule has 1 fully saturated rings. The van der Waals surface area contributed by atoms with Crippen molar-refractivity contribution in [3.63, 3.8) is 0 Å². The molecule has 3 aromatic rings. The van der Waals surface area contributed by atoms with E-state index in [1.807, 2.05) is 86.6 Å². The van der Waals surface area contributed by atoms with E-state index in [4.69, 9.17) is 9.47 Å². The van der Waals surface area contributed by atoms with Gasteiger partial charge in [0.15, 0.2) is 0 Å². The average molecular weight is 543 g/mol. The van der Waals surface area contributed by atoms with Crippen molar-refractivity contribution in [1.29, 1.82) is 0 Å². The van der Waals surface area contributed by atoms with Crippen LogP contribution < -0.4 is 9.47 Å². The molecule has 1 aliphatic heterocycles. The number of hydrogen-bond acceptors (Lipinski definition) is 6. The van der Waals surface area contributed by atoms with Crippen molar-refractivity contribution >= 4 is 17.4 Å². The van der Waals surface area contributed by atoms with E-state index >= 15 is 0 Å². The van der Waals surface area contributed by atoms with Crippen LogP contribution in [0.15, 0.2) is 78.4 Å². The molecule has 1 aliphatic rings. The summed E-state index contributed by atoms with van der Waals surface area (Å²) >= 11 is 0. The third-order valence-corrected chi connectivity index (χ3v) is 6.73. The number of carbonyl (C=O) groups excluding carboxylic acids is 2. The summed E-state index contributed by atoms with van der Waals surface area (Å²) in [7, 11) is 3.93. The number of benzene rings is 3. The normalized spacial score (nSPS) is 16.7. The lowest BCUT2D eigenvalue weighted by Crippen LogP contribution is -2.32. The van der Waals surface area contributed by atoms with Crippen LogP contribution in [0.25, 0.3) is 5.76 Å². The van der Waals surface area contributed by atoms with E-state index in [-0.39, 0.29) is 11.3 Å². The average Bonchev–Trinajstić information content (AvgIpc) is 3.17. The van der Waals surface area contributed by atoms with E-state index in [1.165, 1.54) is 0 Å². The summed E-state index contributed by atoms with van der Waals surface area (Å²) in [4.78, 5) is 30.4. The molecule has 1 saturated heterocycles. The van der Waals surface area contributed by atoms with E-state index in [9.17, 15) is 14.7 Å². The number of nitrogens with zero attached hydrogens (tertiary/aromatic N) is 2. The van der Waals surface area contributed by atoms with Gasteiger partial charge in [0, 0.05) is 12.1 Å². The third kappa shape index (κ3) is 6.72. The quantitative estimate of drug-likeness (QED) is 0.177. The second-order valence-electron chi connectivity index (χ2n) is 10.8. The molecular formula is C33H38N2O5. The second kappa shape index (κ2) is 12.8. The Morgan fingerprint density at radius 3 is 2.35 bits per heavy atom. The minimum absolute atomic E-state index is 0.0747. The van der Waals surface area contributed by atoms with Crippen LogP contribution in [0.5, 0.6) is 17.2 Å². The first-order valence-corrected chi connectivity index (χ1v) is 13.7. The Morgan fingerprint density at radius 1 is 0.950 bits per heavy atom. The zero-order valence-corrected chi connectivity index (χ0v) is 23.9. The Kier molecular flexibility index (Phi) is 9.27. The zero-order chi connectivity index (χ0) is 28.8. The molecule has 1 atom stereocenters. The van der Waals surface area contributed by atoms with E-state index in [0.717, 1.165) is 12.1 Å². The summed E-state index contributed by atoms with van der Waals surface area (Å²) in [5.74, 6) is 0.810. The summed E-state index contributed by atoms with van der Waals surface area (Å²) in [5.41, 5.74) is 2.00.